The molecule has 2 aromatic rings. The molecular formula is C28H37N9OS. The first-order valence-electron chi connectivity index (χ1n) is 14.0. The van der Waals surface area contributed by atoms with Gasteiger partial charge in [0.15, 0.2) is 0 Å². The molecule has 0 spiro atoms. The molecule has 0 saturated carbocycles. The standard InChI is InChI=1S/C28H37N9OS/c1-18-34-35-22(16-39-18)20-6-7-21(29-10-15-36-11-4-5-12-36)24(32-20)19-8-13-37(14-9-19)26-23-25(30-17-31-26)33-27(38)28(23,2)3/h6-7,17,19,29H,4-5,8-16H2,1-3H3,(H,30,31,33,38). The normalized spacial score (nSPS) is 21.4. The van der Waals surface area contributed by atoms with Crippen LogP contribution in [0, 0.1) is 0 Å². The van der Waals surface area contributed by atoms with Gasteiger partial charge >= 0.3 is 0 Å². The van der Waals surface area contributed by atoms with E-state index >= 15 is 0 Å². The molecule has 206 valence electrons. The Balaban J connectivity index is 1.22. The molecule has 0 radical (unpaired) electrons. The molecule has 4 aliphatic rings. The molecule has 0 aliphatic carbocycles. The van der Waals surface area contributed by atoms with Gasteiger partial charge in [-0.25, -0.2) is 15.0 Å². The molecule has 0 bridgehead atoms. The number of carbonyl (C=O) groups excluding carboxylic acids is 1. The predicted octanol–water partition coefficient (Wildman–Crippen LogP) is 3.86. The number of rotatable bonds is 7. The van der Waals surface area contributed by atoms with Gasteiger partial charge in [0.25, 0.3) is 0 Å². The van der Waals surface area contributed by atoms with Crippen LogP contribution in [-0.2, 0) is 10.2 Å². The number of thioether (sulfide) groups is 1. The van der Waals surface area contributed by atoms with Crippen LogP contribution >= 0.6 is 11.8 Å². The van der Waals surface area contributed by atoms with Crippen molar-refractivity contribution in [2.45, 2.75) is 57.8 Å². The van der Waals surface area contributed by atoms with E-state index in [1.54, 1.807) is 18.1 Å². The Labute approximate surface area is 234 Å². The highest BCUT2D eigenvalue weighted by Gasteiger charge is 2.43. The quantitative estimate of drug-likeness (QED) is 0.538. The van der Waals surface area contributed by atoms with Crippen molar-refractivity contribution < 1.29 is 4.79 Å². The molecule has 6 rings (SSSR count). The van der Waals surface area contributed by atoms with Crippen molar-refractivity contribution in [1.82, 2.24) is 19.9 Å². The number of likely N-dealkylation sites (tertiary alicyclic amines) is 1. The number of pyridine rings is 1. The molecule has 39 heavy (non-hydrogen) atoms. The summed E-state index contributed by atoms with van der Waals surface area (Å²) in [5, 5.41) is 16.4. The Morgan fingerprint density at radius 3 is 2.64 bits per heavy atom. The Hall–Kier alpha value is -3.05. The van der Waals surface area contributed by atoms with Crippen LogP contribution in [0.1, 0.15) is 69.3 Å². The number of amides is 1. The molecule has 0 aromatic carbocycles. The summed E-state index contributed by atoms with van der Waals surface area (Å²) in [6.07, 6.45) is 6.08. The molecule has 0 unspecified atom stereocenters. The average Bonchev–Trinajstić information content (AvgIpc) is 3.55. The second-order valence-corrected chi connectivity index (χ2v) is 12.5. The van der Waals surface area contributed by atoms with Gasteiger partial charge in [-0.05, 0) is 71.7 Å². The van der Waals surface area contributed by atoms with Crippen LogP contribution in [-0.4, -0.2) is 81.5 Å². The van der Waals surface area contributed by atoms with E-state index in [-0.39, 0.29) is 5.91 Å². The Morgan fingerprint density at radius 2 is 1.90 bits per heavy atom. The summed E-state index contributed by atoms with van der Waals surface area (Å²) in [6.45, 7) is 11.9. The first-order chi connectivity index (χ1) is 18.9. The Morgan fingerprint density at radius 1 is 1.10 bits per heavy atom. The summed E-state index contributed by atoms with van der Waals surface area (Å²) >= 11 is 1.71. The molecule has 0 atom stereocenters. The van der Waals surface area contributed by atoms with E-state index in [2.05, 4.69) is 52.7 Å². The molecule has 2 aromatic heterocycles. The van der Waals surface area contributed by atoms with Gasteiger partial charge in [-0.3, -0.25) is 4.79 Å². The molecule has 11 heteroatoms. The maximum atomic E-state index is 12.6. The zero-order valence-corrected chi connectivity index (χ0v) is 23.9. The molecular weight excluding hydrogens is 510 g/mol. The van der Waals surface area contributed by atoms with Gasteiger partial charge < -0.3 is 20.4 Å². The van der Waals surface area contributed by atoms with Gasteiger partial charge in [-0.1, -0.05) is 0 Å². The van der Waals surface area contributed by atoms with Gasteiger partial charge in [-0.2, -0.15) is 5.10 Å². The fraction of sp³-hybridized carbons (Fsp3) is 0.571. The lowest BCUT2D eigenvalue weighted by atomic mass is 9.86. The summed E-state index contributed by atoms with van der Waals surface area (Å²) in [5.41, 5.74) is 4.35. The lowest BCUT2D eigenvalue weighted by molar-refractivity contribution is -0.119. The molecule has 6 heterocycles. The van der Waals surface area contributed by atoms with Crippen LogP contribution in [0.15, 0.2) is 28.7 Å². The number of hydrogen-bond donors (Lipinski definition) is 2. The highest BCUT2D eigenvalue weighted by atomic mass is 32.2. The number of fused-ring (bicyclic) bond motifs is 1. The third-order valence-corrected chi connectivity index (χ3v) is 9.24. The van der Waals surface area contributed by atoms with E-state index in [4.69, 9.17) is 4.98 Å². The SMILES string of the molecule is CC1=NN=C(c2ccc(NCCN3CCCC3)c(C3CCN(c4ncnc5c4C(C)(C)C(=O)N5)CC3)n2)CS1. The van der Waals surface area contributed by atoms with Crippen molar-refractivity contribution in [3.8, 4) is 0 Å². The maximum Gasteiger partial charge on any atom is 0.235 e. The first-order valence-corrected chi connectivity index (χ1v) is 15.0. The summed E-state index contributed by atoms with van der Waals surface area (Å²) < 4.78 is 0. The highest BCUT2D eigenvalue weighted by molar-refractivity contribution is 8.14. The molecule has 2 saturated heterocycles. The monoisotopic (exact) mass is 547 g/mol. The number of carbonyl (C=O) groups is 1. The van der Waals surface area contributed by atoms with E-state index in [0.29, 0.717) is 11.7 Å². The smallest absolute Gasteiger partial charge is 0.235 e. The van der Waals surface area contributed by atoms with E-state index < -0.39 is 5.41 Å². The summed E-state index contributed by atoms with van der Waals surface area (Å²) in [6, 6.07) is 4.27. The van der Waals surface area contributed by atoms with Crippen molar-refractivity contribution in [2.24, 2.45) is 10.2 Å². The zero-order valence-electron chi connectivity index (χ0n) is 23.0. The molecule has 10 nitrogen and oxygen atoms in total. The number of nitrogens with one attached hydrogen (secondary N) is 2. The Kier molecular flexibility index (Phi) is 7.28. The van der Waals surface area contributed by atoms with Crippen LogP contribution in [0.2, 0.25) is 0 Å². The predicted molar refractivity (Wildman–Crippen MR) is 158 cm³/mol. The number of anilines is 3. The third-order valence-electron chi connectivity index (χ3n) is 8.32. The van der Waals surface area contributed by atoms with Crippen molar-refractivity contribution in [3.63, 3.8) is 0 Å². The van der Waals surface area contributed by atoms with Crippen LogP contribution in [0.25, 0.3) is 0 Å². The lowest BCUT2D eigenvalue weighted by Crippen LogP contribution is -2.36. The van der Waals surface area contributed by atoms with Crippen molar-refractivity contribution in [3.05, 3.63) is 35.4 Å². The van der Waals surface area contributed by atoms with Crippen molar-refractivity contribution in [2.75, 3.05) is 60.6 Å². The van der Waals surface area contributed by atoms with Gasteiger partial charge in [0, 0.05) is 37.8 Å². The zero-order chi connectivity index (χ0) is 27.0. The summed E-state index contributed by atoms with van der Waals surface area (Å²) in [7, 11) is 0. The first kappa shape index (κ1) is 26.2. The summed E-state index contributed by atoms with van der Waals surface area (Å²) in [5.74, 6) is 2.60. The Bertz CT molecular complexity index is 1310. The van der Waals surface area contributed by atoms with E-state index in [1.165, 1.54) is 25.9 Å². The number of aromatic nitrogens is 3. The van der Waals surface area contributed by atoms with Crippen molar-refractivity contribution in [1.29, 1.82) is 0 Å². The van der Waals surface area contributed by atoms with Crippen LogP contribution in [0.5, 0.6) is 0 Å². The third kappa shape index (κ3) is 5.26. The minimum absolute atomic E-state index is 0.0249. The average molecular weight is 548 g/mol. The highest BCUT2D eigenvalue weighted by Crippen LogP contribution is 2.42. The second kappa shape index (κ2) is 10.8. The topological polar surface area (TPSA) is 111 Å². The van der Waals surface area contributed by atoms with Gasteiger partial charge in [0.05, 0.1) is 38.8 Å². The minimum Gasteiger partial charge on any atom is -0.382 e. The fourth-order valence-electron chi connectivity index (χ4n) is 5.97. The molecule has 2 fully saturated rings. The van der Waals surface area contributed by atoms with E-state index in [0.717, 1.165) is 84.0 Å². The second-order valence-electron chi connectivity index (χ2n) is 11.3. The van der Waals surface area contributed by atoms with Crippen molar-refractivity contribution >= 4 is 45.7 Å². The largest absolute Gasteiger partial charge is 0.382 e. The van der Waals surface area contributed by atoms with Crippen LogP contribution < -0.4 is 15.5 Å². The molecule has 4 aliphatic heterocycles. The minimum atomic E-state index is -0.648. The molecule has 1 amide bonds. The molecule has 2 N–H and O–H groups in total. The number of piperidine rings is 1. The lowest BCUT2D eigenvalue weighted by Gasteiger charge is -2.35. The van der Waals surface area contributed by atoms with Crippen LogP contribution in [0.4, 0.5) is 17.3 Å². The maximum absolute atomic E-state index is 12.6. The number of nitrogens with zero attached hydrogens (tertiary/aromatic N) is 7. The number of hydrogen-bond acceptors (Lipinski definition) is 10. The summed E-state index contributed by atoms with van der Waals surface area (Å²) in [4.78, 5) is 31.6. The van der Waals surface area contributed by atoms with Crippen LogP contribution in [0.3, 0.4) is 0 Å². The van der Waals surface area contributed by atoms with E-state index in [9.17, 15) is 4.79 Å². The van der Waals surface area contributed by atoms with Gasteiger partial charge in [0.1, 0.15) is 18.0 Å². The van der Waals surface area contributed by atoms with E-state index in [1.807, 2.05) is 20.8 Å². The van der Waals surface area contributed by atoms with Gasteiger partial charge in [-0.15, -0.1) is 16.9 Å². The van der Waals surface area contributed by atoms with Gasteiger partial charge in [0.2, 0.25) is 5.91 Å². The fourth-order valence-corrected chi connectivity index (χ4v) is 6.62.